The molecular weight excluding hydrogens is 269 g/mol. The lowest BCUT2D eigenvalue weighted by molar-refractivity contribution is -0.118. The lowest BCUT2D eigenvalue weighted by Crippen LogP contribution is -2.22. The number of aromatic nitrogens is 4. The summed E-state index contributed by atoms with van der Waals surface area (Å²) in [6, 6.07) is 6.03. The monoisotopic (exact) mass is 281 g/mol. The first-order valence-electron chi connectivity index (χ1n) is 5.58. The molecule has 0 aliphatic carbocycles. The zero-order chi connectivity index (χ0) is 13.7. The summed E-state index contributed by atoms with van der Waals surface area (Å²) in [7, 11) is 0. The molecule has 1 aromatic carbocycles. The van der Waals surface area contributed by atoms with Crippen LogP contribution in [0.2, 0.25) is 0 Å². The number of hydrogen-bond donors (Lipinski definition) is 1. The van der Waals surface area contributed by atoms with Gasteiger partial charge < -0.3 is 5.32 Å². The summed E-state index contributed by atoms with van der Waals surface area (Å²) in [4.78, 5) is 10.7. The average molecular weight is 281 g/mol. The molecule has 0 saturated heterocycles. The van der Waals surface area contributed by atoms with Crippen molar-refractivity contribution < 1.29 is 9.18 Å². The minimum absolute atomic E-state index is 0.0784. The van der Waals surface area contributed by atoms with E-state index in [1.807, 2.05) is 0 Å². The average Bonchev–Trinajstić information content (AvgIpc) is 2.83. The first-order chi connectivity index (χ1) is 9.16. The molecule has 2 aromatic rings. The normalized spacial score (nSPS) is 10.4. The maximum absolute atomic E-state index is 13.2. The summed E-state index contributed by atoms with van der Waals surface area (Å²) in [5.41, 5.74) is 0.562. The van der Waals surface area contributed by atoms with E-state index in [9.17, 15) is 9.18 Å². The SMILES string of the molecule is CC(=O)NCCSc1nnnn1-c1cccc(F)c1. The van der Waals surface area contributed by atoms with Crippen molar-refractivity contribution in [1.82, 2.24) is 25.5 Å². The Kier molecular flexibility index (Phi) is 4.45. The summed E-state index contributed by atoms with van der Waals surface area (Å²) in [5, 5.41) is 14.5. The van der Waals surface area contributed by atoms with Crippen LogP contribution >= 0.6 is 11.8 Å². The fourth-order valence-corrected chi connectivity index (χ4v) is 2.15. The molecule has 100 valence electrons. The van der Waals surface area contributed by atoms with Gasteiger partial charge in [0.15, 0.2) is 0 Å². The van der Waals surface area contributed by atoms with Crippen molar-refractivity contribution in [3.8, 4) is 5.69 Å². The Balaban J connectivity index is 2.03. The zero-order valence-corrected chi connectivity index (χ0v) is 11.0. The number of halogens is 1. The van der Waals surface area contributed by atoms with Gasteiger partial charge in [-0.3, -0.25) is 4.79 Å². The van der Waals surface area contributed by atoms with E-state index < -0.39 is 0 Å². The Morgan fingerprint density at radius 1 is 1.53 bits per heavy atom. The first kappa shape index (κ1) is 13.5. The smallest absolute Gasteiger partial charge is 0.216 e. The van der Waals surface area contributed by atoms with Crippen molar-refractivity contribution in [2.75, 3.05) is 12.3 Å². The molecule has 0 spiro atoms. The molecule has 1 N–H and O–H groups in total. The molecule has 0 radical (unpaired) electrons. The lowest BCUT2D eigenvalue weighted by atomic mass is 10.3. The predicted molar refractivity (Wildman–Crippen MR) is 68.5 cm³/mol. The van der Waals surface area contributed by atoms with E-state index in [1.54, 1.807) is 12.1 Å². The third-order valence-corrected chi connectivity index (χ3v) is 3.12. The maximum Gasteiger partial charge on any atom is 0.216 e. The van der Waals surface area contributed by atoms with Crippen LogP contribution in [0.25, 0.3) is 5.69 Å². The Labute approximate surface area is 113 Å². The molecule has 1 heterocycles. The molecule has 6 nitrogen and oxygen atoms in total. The van der Waals surface area contributed by atoms with Gasteiger partial charge in [-0.25, -0.2) is 4.39 Å². The molecule has 0 fully saturated rings. The van der Waals surface area contributed by atoms with E-state index in [0.29, 0.717) is 23.1 Å². The van der Waals surface area contributed by atoms with E-state index in [0.717, 1.165) is 0 Å². The number of rotatable bonds is 5. The number of hydrogen-bond acceptors (Lipinski definition) is 5. The highest BCUT2D eigenvalue weighted by molar-refractivity contribution is 7.99. The van der Waals surface area contributed by atoms with Crippen LogP contribution in [0, 0.1) is 5.82 Å². The quantitative estimate of drug-likeness (QED) is 0.654. The third-order valence-electron chi connectivity index (χ3n) is 2.20. The van der Waals surface area contributed by atoms with Crippen molar-refractivity contribution in [2.45, 2.75) is 12.1 Å². The number of amides is 1. The minimum Gasteiger partial charge on any atom is -0.356 e. The van der Waals surface area contributed by atoms with Crippen LogP contribution in [0.15, 0.2) is 29.4 Å². The molecule has 0 atom stereocenters. The lowest BCUT2D eigenvalue weighted by Gasteiger charge is -2.04. The van der Waals surface area contributed by atoms with E-state index in [2.05, 4.69) is 20.8 Å². The van der Waals surface area contributed by atoms with Gasteiger partial charge in [-0.1, -0.05) is 17.8 Å². The highest BCUT2D eigenvalue weighted by Crippen LogP contribution is 2.17. The molecule has 0 bridgehead atoms. The molecule has 8 heteroatoms. The Morgan fingerprint density at radius 2 is 2.37 bits per heavy atom. The second-order valence-electron chi connectivity index (χ2n) is 3.68. The van der Waals surface area contributed by atoms with Crippen molar-refractivity contribution >= 4 is 17.7 Å². The second kappa shape index (κ2) is 6.28. The molecule has 19 heavy (non-hydrogen) atoms. The minimum atomic E-state index is -0.345. The van der Waals surface area contributed by atoms with Crippen LogP contribution in [-0.2, 0) is 4.79 Å². The number of nitrogens with one attached hydrogen (secondary N) is 1. The number of carbonyl (C=O) groups excluding carboxylic acids is 1. The van der Waals surface area contributed by atoms with Gasteiger partial charge in [0.2, 0.25) is 11.1 Å². The van der Waals surface area contributed by atoms with Crippen molar-refractivity contribution in [3.05, 3.63) is 30.1 Å². The van der Waals surface area contributed by atoms with Gasteiger partial charge in [0.25, 0.3) is 0 Å². The van der Waals surface area contributed by atoms with Gasteiger partial charge >= 0.3 is 0 Å². The van der Waals surface area contributed by atoms with E-state index >= 15 is 0 Å². The highest BCUT2D eigenvalue weighted by atomic mass is 32.2. The van der Waals surface area contributed by atoms with Gasteiger partial charge in [-0.15, -0.1) is 5.10 Å². The van der Waals surface area contributed by atoms with Crippen LogP contribution in [0.4, 0.5) is 4.39 Å². The van der Waals surface area contributed by atoms with Crippen LogP contribution < -0.4 is 5.32 Å². The van der Waals surface area contributed by atoms with Gasteiger partial charge in [0.1, 0.15) is 5.82 Å². The van der Waals surface area contributed by atoms with Crippen LogP contribution in [0.1, 0.15) is 6.92 Å². The number of benzene rings is 1. The molecule has 1 aromatic heterocycles. The summed E-state index contributed by atoms with van der Waals surface area (Å²) < 4.78 is 14.6. The second-order valence-corrected chi connectivity index (χ2v) is 4.75. The topological polar surface area (TPSA) is 72.7 Å². The molecule has 2 rings (SSSR count). The van der Waals surface area contributed by atoms with E-state index in [1.165, 1.54) is 35.5 Å². The molecule has 0 aliphatic rings. The molecular formula is C11H12FN5OS. The van der Waals surface area contributed by atoms with Crippen molar-refractivity contribution in [3.63, 3.8) is 0 Å². The van der Waals surface area contributed by atoms with Gasteiger partial charge in [0, 0.05) is 19.2 Å². The summed E-state index contributed by atoms with van der Waals surface area (Å²) in [6.07, 6.45) is 0. The molecule has 1 amide bonds. The summed E-state index contributed by atoms with van der Waals surface area (Å²) in [5.74, 6) is 0.211. The number of nitrogens with zero attached hydrogens (tertiary/aromatic N) is 4. The Morgan fingerprint density at radius 3 is 3.11 bits per heavy atom. The molecule has 0 aliphatic heterocycles. The molecule has 0 saturated carbocycles. The van der Waals surface area contributed by atoms with Gasteiger partial charge in [-0.2, -0.15) is 4.68 Å². The highest BCUT2D eigenvalue weighted by Gasteiger charge is 2.09. The third kappa shape index (κ3) is 3.75. The van der Waals surface area contributed by atoms with Gasteiger partial charge in [-0.05, 0) is 28.6 Å². The Bertz CT molecular complexity index is 574. The molecule has 0 unspecified atom stereocenters. The number of thioether (sulfide) groups is 1. The van der Waals surface area contributed by atoms with Crippen LogP contribution in [-0.4, -0.2) is 38.4 Å². The van der Waals surface area contributed by atoms with E-state index in [-0.39, 0.29) is 11.7 Å². The predicted octanol–water partition coefficient (Wildman–Crippen LogP) is 1.03. The Hall–Kier alpha value is -1.96. The standard InChI is InChI=1S/C11H12FN5OS/c1-8(18)13-5-6-19-11-14-15-16-17(11)10-4-2-3-9(12)7-10/h2-4,7H,5-6H2,1H3,(H,13,18). The van der Waals surface area contributed by atoms with Crippen molar-refractivity contribution in [2.24, 2.45) is 0 Å². The van der Waals surface area contributed by atoms with Gasteiger partial charge in [0.05, 0.1) is 5.69 Å². The number of carbonyl (C=O) groups is 1. The summed E-state index contributed by atoms with van der Waals surface area (Å²) in [6.45, 7) is 1.98. The van der Waals surface area contributed by atoms with Crippen LogP contribution in [0.5, 0.6) is 0 Å². The summed E-state index contributed by atoms with van der Waals surface area (Å²) >= 11 is 1.39. The number of tetrazole rings is 1. The van der Waals surface area contributed by atoms with E-state index in [4.69, 9.17) is 0 Å². The first-order valence-corrected chi connectivity index (χ1v) is 6.57. The largest absolute Gasteiger partial charge is 0.356 e. The zero-order valence-electron chi connectivity index (χ0n) is 10.2. The maximum atomic E-state index is 13.2. The fraction of sp³-hybridized carbons (Fsp3) is 0.273. The van der Waals surface area contributed by atoms with Crippen LogP contribution in [0.3, 0.4) is 0 Å². The van der Waals surface area contributed by atoms with Crippen molar-refractivity contribution in [1.29, 1.82) is 0 Å². The fourth-order valence-electron chi connectivity index (χ4n) is 1.41.